The summed E-state index contributed by atoms with van der Waals surface area (Å²) in [6.45, 7) is 1.84. The van der Waals surface area contributed by atoms with E-state index in [4.69, 9.17) is 10.2 Å². The van der Waals surface area contributed by atoms with E-state index >= 15 is 0 Å². The third-order valence-electron chi connectivity index (χ3n) is 2.16. The predicted molar refractivity (Wildman–Crippen MR) is 51.7 cm³/mol. The van der Waals surface area contributed by atoms with Crippen LogP contribution in [0.3, 0.4) is 0 Å². The molecule has 0 saturated carbocycles. The highest BCUT2D eigenvalue weighted by molar-refractivity contribution is 5.70. The summed E-state index contributed by atoms with van der Waals surface area (Å²) < 4.78 is 9.81. The molecule has 1 aromatic heterocycles. The maximum absolute atomic E-state index is 11.1. The van der Waals surface area contributed by atoms with E-state index in [0.717, 1.165) is 5.76 Å². The molecule has 14 heavy (non-hydrogen) atoms. The van der Waals surface area contributed by atoms with Crippen molar-refractivity contribution in [2.75, 3.05) is 7.11 Å². The monoisotopic (exact) mass is 197 g/mol. The van der Waals surface area contributed by atoms with Crippen molar-refractivity contribution in [2.24, 2.45) is 5.73 Å². The molecule has 0 amide bonds. The molecule has 4 nitrogen and oxygen atoms in total. The molecular formula is C10H15NO3. The average molecular weight is 197 g/mol. The van der Waals surface area contributed by atoms with Crippen LogP contribution in [-0.4, -0.2) is 19.1 Å². The summed E-state index contributed by atoms with van der Waals surface area (Å²) in [5.74, 6) is 0.339. The summed E-state index contributed by atoms with van der Waals surface area (Å²) in [5.41, 5.74) is 5.76. The highest BCUT2D eigenvalue weighted by atomic mass is 16.5. The fourth-order valence-corrected chi connectivity index (χ4v) is 1.31. The van der Waals surface area contributed by atoms with Crippen molar-refractivity contribution in [3.8, 4) is 0 Å². The molecule has 4 heteroatoms. The van der Waals surface area contributed by atoms with Gasteiger partial charge in [-0.05, 0) is 19.1 Å². The molecule has 2 unspecified atom stereocenters. The number of hydrogen-bond donors (Lipinski definition) is 1. The Morgan fingerprint density at radius 3 is 2.86 bits per heavy atom. The van der Waals surface area contributed by atoms with E-state index in [1.165, 1.54) is 7.11 Å². The van der Waals surface area contributed by atoms with Crippen molar-refractivity contribution in [3.05, 3.63) is 24.2 Å². The van der Waals surface area contributed by atoms with Crippen LogP contribution in [0.15, 0.2) is 22.8 Å². The number of carbonyl (C=O) groups excluding carboxylic acids is 1. The fraction of sp³-hybridized carbons (Fsp3) is 0.500. The lowest BCUT2D eigenvalue weighted by Crippen LogP contribution is -2.26. The van der Waals surface area contributed by atoms with Crippen molar-refractivity contribution in [1.29, 1.82) is 0 Å². The SMILES string of the molecule is COC(=O)CC(c1ccco1)C(C)N. The van der Waals surface area contributed by atoms with Gasteiger partial charge in [0.2, 0.25) is 0 Å². The van der Waals surface area contributed by atoms with Gasteiger partial charge in [-0.3, -0.25) is 4.79 Å². The van der Waals surface area contributed by atoms with Gasteiger partial charge in [-0.2, -0.15) is 0 Å². The van der Waals surface area contributed by atoms with Crippen molar-refractivity contribution >= 4 is 5.97 Å². The summed E-state index contributed by atoms with van der Waals surface area (Å²) in [4.78, 5) is 11.1. The second-order valence-corrected chi connectivity index (χ2v) is 3.26. The number of esters is 1. The van der Waals surface area contributed by atoms with Crippen LogP contribution in [0.4, 0.5) is 0 Å². The first-order chi connectivity index (χ1) is 6.65. The Balaban J connectivity index is 2.70. The van der Waals surface area contributed by atoms with E-state index in [0.29, 0.717) is 0 Å². The third kappa shape index (κ3) is 2.60. The zero-order valence-electron chi connectivity index (χ0n) is 8.40. The van der Waals surface area contributed by atoms with E-state index < -0.39 is 0 Å². The molecule has 1 heterocycles. The highest BCUT2D eigenvalue weighted by Gasteiger charge is 2.22. The summed E-state index contributed by atoms with van der Waals surface area (Å²) in [6.07, 6.45) is 1.82. The van der Waals surface area contributed by atoms with Crippen molar-refractivity contribution in [1.82, 2.24) is 0 Å². The Bertz CT molecular complexity index is 280. The van der Waals surface area contributed by atoms with Gasteiger partial charge in [0.25, 0.3) is 0 Å². The second-order valence-electron chi connectivity index (χ2n) is 3.26. The Morgan fingerprint density at radius 1 is 1.71 bits per heavy atom. The van der Waals surface area contributed by atoms with E-state index in [1.54, 1.807) is 12.3 Å². The number of rotatable bonds is 4. The summed E-state index contributed by atoms with van der Waals surface area (Å²) in [6, 6.07) is 3.46. The van der Waals surface area contributed by atoms with Crippen LogP contribution in [0.25, 0.3) is 0 Å². The molecule has 0 aliphatic carbocycles. The van der Waals surface area contributed by atoms with Gasteiger partial charge >= 0.3 is 5.97 Å². The molecule has 0 aromatic carbocycles. The minimum absolute atomic E-state index is 0.113. The normalized spacial score (nSPS) is 14.8. The first kappa shape index (κ1) is 10.8. The van der Waals surface area contributed by atoms with Gasteiger partial charge in [0, 0.05) is 12.0 Å². The maximum atomic E-state index is 11.1. The molecule has 1 rings (SSSR count). The Morgan fingerprint density at radius 2 is 2.43 bits per heavy atom. The summed E-state index contributed by atoms with van der Waals surface area (Å²) in [7, 11) is 1.36. The smallest absolute Gasteiger partial charge is 0.306 e. The molecule has 0 aliphatic heterocycles. The molecule has 1 aromatic rings. The molecule has 2 N–H and O–H groups in total. The standard InChI is InChI=1S/C10H15NO3/c1-7(11)8(6-10(12)13-2)9-4-3-5-14-9/h3-5,7-8H,6,11H2,1-2H3. The Hall–Kier alpha value is -1.29. The lowest BCUT2D eigenvalue weighted by molar-refractivity contribution is -0.141. The Labute approximate surface area is 83.0 Å². The van der Waals surface area contributed by atoms with Crippen molar-refractivity contribution < 1.29 is 13.9 Å². The first-order valence-corrected chi connectivity index (χ1v) is 4.51. The maximum Gasteiger partial charge on any atom is 0.306 e. The van der Waals surface area contributed by atoms with Gasteiger partial charge in [-0.1, -0.05) is 0 Å². The number of nitrogens with two attached hydrogens (primary N) is 1. The van der Waals surface area contributed by atoms with Crippen molar-refractivity contribution in [2.45, 2.75) is 25.3 Å². The number of hydrogen-bond acceptors (Lipinski definition) is 4. The Kier molecular flexibility index (Phi) is 3.71. The lowest BCUT2D eigenvalue weighted by Gasteiger charge is -2.16. The minimum atomic E-state index is -0.274. The van der Waals surface area contributed by atoms with Crippen LogP contribution in [-0.2, 0) is 9.53 Å². The topological polar surface area (TPSA) is 65.5 Å². The van der Waals surface area contributed by atoms with E-state index in [1.807, 2.05) is 13.0 Å². The van der Waals surface area contributed by atoms with E-state index in [-0.39, 0.29) is 24.3 Å². The fourth-order valence-electron chi connectivity index (χ4n) is 1.31. The highest BCUT2D eigenvalue weighted by Crippen LogP contribution is 2.23. The molecule has 0 radical (unpaired) electrons. The van der Waals surface area contributed by atoms with Gasteiger partial charge in [0.15, 0.2) is 0 Å². The molecule has 2 atom stereocenters. The van der Waals surface area contributed by atoms with Gasteiger partial charge in [0.05, 0.1) is 19.8 Å². The van der Waals surface area contributed by atoms with Gasteiger partial charge < -0.3 is 14.9 Å². The van der Waals surface area contributed by atoms with Crippen LogP contribution < -0.4 is 5.73 Å². The molecule has 78 valence electrons. The van der Waals surface area contributed by atoms with Crippen molar-refractivity contribution in [3.63, 3.8) is 0 Å². The lowest BCUT2D eigenvalue weighted by atomic mass is 9.95. The predicted octanol–water partition coefficient (Wildman–Crippen LogP) is 1.27. The van der Waals surface area contributed by atoms with Gasteiger partial charge in [-0.15, -0.1) is 0 Å². The van der Waals surface area contributed by atoms with Gasteiger partial charge in [0.1, 0.15) is 5.76 Å². The summed E-state index contributed by atoms with van der Waals surface area (Å²) in [5, 5.41) is 0. The number of carbonyl (C=O) groups is 1. The number of furan rings is 1. The average Bonchev–Trinajstić information content (AvgIpc) is 2.65. The molecule has 0 fully saturated rings. The van der Waals surface area contributed by atoms with Crippen LogP contribution in [0, 0.1) is 0 Å². The van der Waals surface area contributed by atoms with E-state index in [2.05, 4.69) is 4.74 Å². The third-order valence-corrected chi connectivity index (χ3v) is 2.16. The van der Waals surface area contributed by atoms with Crippen LogP contribution in [0.2, 0.25) is 0 Å². The molecule has 0 spiro atoms. The summed E-state index contributed by atoms with van der Waals surface area (Å²) >= 11 is 0. The largest absolute Gasteiger partial charge is 0.469 e. The molecular weight excluding hydrogens is 182 g/mol. The quantitative estimate of drug-likeness (QED) is 0.738. The van der Waals surface area contributed by atoms with Gasteiger partial charge in [-0.25, -0.2) is 0 Å². The zero-order chi connectivity index (χ0) is 10.6. The zero-order valence-corrected chi connectivity index (χ0v) is 8.40. The van der Waals surface area contributed by atoms with Crippen LogP contribution in [0.1, 0.15) is 25.0 Å². The minimum Gasteiger partial charge on any atom is -0.469 e. The molecule has 0 bridgehead atoms. The molecule has 0 saturated heterocycles. The van der Waals surface area contributed by atoms with Crippen LogP contribution in [0.5, 0.6) is 0 Å². The second kappa shape index (κ2) is 4.81. The number of methoxy groups -OCH3 is 1. The van der Waals surface area contributed by atoms with Crippen LogP contribution >= 0.6 is 0 Å². The molecule has 0 aliphatic rings. The first-order valence-electron chi connectivity index (χ1n) is 4.51. The number of ether oxygens (including phenoxy) is 1. The van der Waals surface area contributed by atoms with E-state index in [9.17, 15) is 4.79 Å².